The van der Waals surface area contributed by atoms with Crippen LogP contribution in [0.5, 0.6) is 5.75 Å². The van der Waals surface area contributed by atoms with Crippen LogP contribution in [-0.4, -0.2) is 79.8 Å². The van der Waals surface area contributed by atoms with Crippen LogP contribution in [0.1, 0.15) is 30.9 Å². The smallest absolute Gasteiger partial charge is 0.414 e. The van der Waals surface area contributed by atoms with Crippen LogP contribution in [0.25, 0.3) is 6.08 Å². The Hall–Kier alpha value is -3.21. The fourth-order valence-corrected chi connectivity index (χ4v) is 5.48. The van der Waals surface area contributed by atoms with Crippen LogP contribution in [0.15, 0.2) is 47.4 Å². The lowest BCUT2D eigenvalue weighted by atomic mass is 9.95. The topological polar surface area (TPSA) is 105 Å². The summed E-state index contributed by atoms with van der Waals surface area (Å²) < 4.78 is 10.4. The quantitative estimate of drug-likeness (QED) is 0.214. The zero-order chi connectivity index (χ0) is 30.8. The molecule has 1 N–H and O–H groups in total. The highest BCUT2D eigenvalue weighted by atomic mass is 35.5. The molecule has 0 radical (unpaired) electrons. The van der Waals surface area contributed by atoms with Gasteiger partial charge in [-0.25, -0.2) is 9.59 Å². The first-order chi connectivity index (χ1) is 20.0. The Morgan fingerprint density at radius 1 is 1.07 bits per heavy atom. The van der Waals surface area contributed by atoms with Gasteiger partial charge >= 0.3 is 12.1 Å². The minimum absolute atomic E-state index is 0.178. The molecule has 42 heavy (non-hydrogen) atoms. The molecule has 0 unspecified atom stereocenters. The average molecular weight is 637 g/mol. The molecule has 0 aromatic heterocycles. The molecule has 226 valence electrons. The second-order valence-electron chi connectivity index (χ2n) is 9.84. The normalized spacial score (nSPS) is 14.4. The van der Waals surface area contributed by atoms with Crippen LogP contribution in [0.2, 0.25) is 10.0 Å². The largest absolute Gasteiger partial charge is 0.464 e. The van der Waals surface area contributed by atoms with E-state index in [0.717, 1.165) is 10.5 Å². The zero-order valence-corrected chi connectivity index (χ0v) is 26.4. The molecule has 1 atom stereocenters. The molecule has 2 aromatic rings. The summed E-state index contributed by atoms with van der Waals surface area (Å²) in [6, 6.07) is 9.50. The Bertz CT molecular complexity index is 1310. The molecular weight excluding hydrogens is 601 g/mol. The molecule has 9 nitrogen and oxygen atoms in total. The molecule has 0 bridgehead atoms. The maximum Gasteiger partial charge on any atom is 0.414 e. The van der Waals surface area contributed by atoms with E-state index in [-0.39, 0.29) is 30.8 Å². The maximum atomic E-state index is 13.1. The Balaban J connectivity index is 1.57. The number of amides is 3. The molecule has 0 aliphatic carbocycles. The lowest BCUT2D eigenvalue weighted by molar-refractivity contribution is -0.148. The van der Waals surface area contributed by atoms with Gasteiger partial charge in [-0.2, -0.15) is 0 Å². The number of ether oxygens (including phenoxy) is 2. The highest BCUT2D eigenvalue weighted by Gasteiger charge is 2.30. The number of nitrogens with one attached hydrogen (secondary N) is 1. The van der Waals surface area contributed by atoms with Gasteiger partial charge in [-0.3, -0.25) is 9.59 Å². The number of rotatable bonds is 10. The average Bonchev–Trinajstić information content (AvgIpc) is 2.98. The van der Waals surface area contributed by atoms with Crippen LogP contribution < -0.4 is 10.1 Å². The van der Waals surface area contributed by atoms with Crippen molar-refractivity contribution in [2.45, 2.75) is 37.1 Å². The molecule has 1 fully saturated rings. The van der Waals surface area contributed by atoms with E-state index in [2.05, 4.69) is 5.32 Å². The van der Waals surface area contributed by atoms with Crippen molar-refractivity contribution in [3.8, 4) is 5.75 Å². The van der Waals surface area contributed by atoms with Gasteiger partial charge in [0.05, 0.1) is 16.7 Å². The Morgan fingerprint density at radius 3 is 2.33 bits per heavy atom. The lowest BCUT2D eigenvalue weighted by Gasteiger charge is -2.31. The molecule has 1 aliphatic rings. The number of benzene rings is 2. The fourth-order valence-electron chi connectivity index (χ4n) is 4.31. The van der Waals surface area contributed by atoms with Crippen molar-refractivity contribution in [3.05, 3.63) is 63.6 Å². The second-order valence-corrected chi connectivity index (χ2v) is 11.4. The molecule has 3 amide bonds. The molecule has 1 aliphatic heterocycles. The summed E-state index contributed by atoms with van der Waals surface area (Å²) in [5, 5.41) is 3.69. The second kappa shape index (κ2) is 15.9. The number of halogens is 2. The predicted molar refractivity (Wildman–Crippen MR) is 165 cm³/mol. The first-order valence-corrected chi connectivity index (χ1v) is 15.5. The molecule has 0 saturated carbocycles. The van der Waals surface area contributed by atoms with Gasteiger partial charge in [0.2, 0.25) is 11.8 Å². The van der Waals surface area contributed by atoms with Gasteiger partial charge in [-0.1, -0.05) is 41.4 Å². The molecule has 1 heterocycles. The Labute approximate surface area is 260 Å². The Kier molecular flexibility index (Phi) is 12.6. The number of carbonyl (C=O) groups excluding carboxylic acids is 4. The lowest BCUT2D eigenvalue weighted by Crippen LogP contribution is -2.48. The van der Waals surface area contributed by atoms with Gasteiger partial charge in [0.15, 0.2) is 0 Å². The number of piperidine rings is 1. The number of nitrogens with zero attached hydrogens (tertiary/aromatic N) is 2. The van der Waals surface area contributed by atoms with E-state index in [0.29, 0.717) is 47.3 Å². The summed E-state index contributed by atoms with van der Waals surface area (Å²) >= 11 is 14.1. The monoisotopic (exact) mass is 635 g/mol. The van der Waals surface area contributed by atoms with Gasteiger partial charge in [-0.15, -0.1) is 11.8 Å². The first kappa shape index (κ1) is 33.3. The third kappa shape index (κ3) is 9.14. The molecule has 0 spiro atoms. The van der Waals surface area contributed by atoms with Crippen LogP contribution in [0.4, 0.5) is 4.79 Å². The van der Waals surface area contributed by atoms with E-state index >= 15 is 0 Å². The maximum absolute atomic E-state index is 13.1. The molecule has 3 rings (SSSR count). The van der Waals surface area contributed by atoms with Gasteiger partial charge in [0.25, 0.3) is 0 Å². The van der Waals surface area contributed by atoms with Crippen molar-refractivity contribution in [1.29, 1.82) is 0 Å². The first-order valence-electron chi connectivity index (χ1n) is 13.5. The fraction of sp³-hybridized carbons (Fsp3) is 0.400. The standard InChI is InChI=1S/C30H35Cl2N3O6S/c1-5-40-29(38)23(18-19-6-10-22(11-7-19)41-30(39)34(2)3)33-28(37)21-14-16-35(17-15-21)25(36)13-9-20-8-12-24(42-4)27(32)26(20)31/h6-13,21,23H,5,14-18H2,1-4H3,(H,33,37)/b13-9+/t23-/m0/s1. The summed E-state index contributed by atoms with van der Waals surface area (Å²) in [7, 11) is 3.17. The van der Waals surface area contributed by atoms with Crippen LogP contribution in [-0.2, 0) is 25.5 Å². The van der Waals surface area contributed by atoms with E-state index < -0.39 is 18.1 Å². The van der Waals surface area contributed by atoms with Crippen molar-refractivity contribution in [2.24, 2.45) is 5.92 Å². The van der Waals surface area contributed by atoms with Crippen LogP contribution in [0, 0.1) is 5.92 Å². The van der Waals surface area contributed by atoms with Crippen molar-refractivity contribution >= 4 is 64.9 Å². The summed E-state index contributed by atoms with van der Waals surface area (Å²) in [4.78, 5) is 54.2. The van der Waals surface area contributed by atoms with Crippen molar-refractivity contribution in [3.63, 3.8) is 0 Å². The SMILES string of the molecule is CCOC(=O)[C@H](Cc1ccc(OC(=O)N(C)C)cc1)NC(=O)C1CCN(C(=O)/C=C/c2ccc(SC)c(Cl)c2Cl)CC1. The summed E-state index contributed by atoms with van der Waals surface area (Å²) in [6.45, 7) is 2.68. The number of hydrogen-bond acceptors (Lipinski definition) is 7. The number of likely N-dealkylation sites (tertiary alicyclic amines) is 1. The molecule has 1 saturated heterocycles. The molecule has 12 heteroatoms. The number of esters is 1. The Morgan fingerprint density at radius 2 is 1.74 bits per heavy atom. The third-order valence-electron chi connectivity index (χ3n) is 6.70. The summed E-state index contributed by atoms with van der Waals surface area (Å²) in [5.74, 6) is -0.960. The minimum Gasteiger partial charge on any atom is -0.464 e. The predicted octanol–water partition coefficient (Wildman–Crippen LogP) is 5.32. The van der Waals surface area contributed by atoms with Gasteiger partial charge in [0.1, 0.15) is 11.8 Å². The van der Waals surface area contributed by atoms with Crippen molar-refractivity contribution in [1.82, 2.24) is 15.1 Å². The number of carbonyl (C=O) groups is 4. The van der Waals surface area contributed by atoms with E-state index in [1.807, 2.05) is 18.4 Å². The van der Waals surface area contributed by atoms with E-state index in [9.17, 15) is 19.2 Å². The van der Waals surface area contributed by atoms with Crippen LogP contribution in [0.3, 0.4) is 0 Å². The van der Waals surface area contributed by atoms with Crippen molar-refractivity contribution in [2.75, 3.05) is 40.0 Å². The van der Waals surface area contributed by atoms with Gasteiger partial charge in [0, 0.05) is 50.5 Å². The number of thioether (sulfide) groups is 1. The highest BCUT2D eigenvalue weighted by molar-refractivity contribution is 7.98. The van der Waals surface area contributed by atoms with E-state index in [1.165, 1.54) is 22.7 Å². The van der Waals surface area contributed by atoms with E-state index in [1.54, 1.807) is 56.3 Å². The third-order valence-corrected chi connectivity index (χ3v) is 8.49. The minimum atomic E-state index is -0.885. The van der Waals surface area contributed by atoms with Crippen molar-refractivity contribution < 1.29 is 28.7 Å². The highest BCUT2D eigenvalue weighted by Crippen LogP contribution is 2.35. The van der Waals surface area contributed by atoms with Crippen LogP contribution >= 0.6 is 35.0 Å². The van der Waals surface area contributed by atoms with Gasteiger partial charge < -0.3 is 24.6 Å². The van der Waals surface area contributed by atoms with E-state index in [4.69, 9.17) is 32.7 Å². The molecule has 2 aromatic carbocycles. The van der Waals surface area contributed by atoms with Gasteiger partial charge in [-0.05, 0) is 61.4 Å². The summed E-state index contributed by atoms with van der Waals surface area (Å²) in [6.07, 6.45) is 5.63. The zero-order valence-electron chi connectivity index (χ0n) is 24.0. The molecular formula is C30H35Cl2N3O6S. The number of hydrogen-bond donors (Lipinski definition) is 1. The summed E-state index contributed by atoms with van der Waals surface area (Å²) in [5.41, 5.74) is 1.41.